The van der Waals surface area contributed by atoms with Gasteiger partial charge in [-0.3, -0.25) is 4.68 Å². The third kappa shape index (κ3) is 6.88. The molecule has 1 heterocycles. The third-order valence-corrected chi connectivity index (χ3v) is 6.37. The van der Waals surface area contributed by atoms with Crippen LogP contribution in [0.3, 0.4) is 0 Å². The highest BCUT2D eigenvalue weighted by Crippen LogP contribution is 2.35. The van der Waals surface area contributed by atoms with Gasteiger partial charge in [-0.15, -0.1) is 0 Å². The summed E-state index contributed by atoms with van der Waals surface area (Å²) in [6, 6.07) is 12.0. The van der Waals surface area contributed by atoms with E-state index in [0.29, 0.717) is 35.0 Å². The average Bonchev–Trinajstić information content (AvgIpc) is 3.21. The van der Waals surface area contributed by atoms with Crippen LogP contribution in [0.25, 0.3) is 11.3 Å². The molecule has 10 heteroatoms. The molecule has 1 atom stereocenters. The molecule has 0 aliphatic carbocycles. The lowest BCUT2D eigenvalue weighted by molar-refractivity contribution is -0.158. The molecule has 0 bridgehead atoms. The van der Waals surface area contributed by atoms with E-state index in [1.165, 1.54) is 12.1 Å². The fraction of sp³-hybridized carbons (Fsp3) is 0.429. The van der Waals surface area contributed by atoms with Crippen LogP contribution >= 0.6 is 11.6 Å². The first-order chi connectivity index (χ1) is 17.7. The maximum atomic E-state index is 13.0. The van der Waals surface area contributed by atoms with E-state index in [0.717, 1.165) is 29.8 Å². The van der Waals surface area contributed by atoms with Crippen molar-refractivity contribution in [2.24, 2.45) is 5.73 Å². The van der Waals surface area contributed by atoms with Crippen LogP contribution in [0.2, 0.25) is 5.02 Å². The fourth-order valence-electron chi connectivity index (χ4n) is 4.01. The number of hydrogen-bond acceptors (Lipinski definition) is 5. The number of halogens is 4. The number of alkyl halides is 3. The maximum absolute atomic E-state index is 13.0. The number of carbonyl (C=O) groups excluding carboxylic acids is 1. The van der Waals surface area contributed by atoms with Crippen molar-refractivity contribution in [3.8, 4) is 17.0 Å². The number of rotatable bonds is 10. The Morgan fingerprint density at radius 1 is 1.03 bits per heavy atom. The van der Waals surface area contributed by atoms with Crippen molar-refractivity contribution < 1.29 is 27.4 Å². The Hall–Kier alpha value is -3.04. The van der Waals surface area contributed by atoms with E-state index in [9.17, 15) is 18.0 Å². The predicted octanol–water partition coefficient (Wildman–Crippen LogP) is 6.77. The van der Waals surface area contributed by atoms with Gasteiger partial charge in [-0.05, 0) is 70.0 Å². The van der Waals surface area contributed by atoms with Crippen LogP contribution in [0.15, 0.2) is 48.5 Å². The van der Waals surface area contributed by atoms with E-state index >= 15 is 0 Å². The number of hydrogen-bond donors (Lipinski definition) is 1. The summed E-state index contributed by atoms with van der Waals surface area (Å²) in [5.41, 5.74) is 6.68. The van der Waals surface area contributed by atoms with Crippen LogP contribution in [0.4, 0.5) is 13.2 Å². The number of benzene rings is 2. The largest absolute Gasteiger partial charge is 0.475 e. The lowest BCUT2D eigenvalue weighted by atomic mass is 9.88. The Bertz CT molecular complexity index is 1270. The molecule has 0 aliphatic rings. The molecular formula is C28H33ClF3N3O3. The quantitative estimate of drug-likeness (QED) is 0.281. The topological polar surface area (TPSA) is 79.4 Å². The molecule has 0 aliphatic heterocycles. The molecule has 0 fully saturated rings. The van der Waals surface area contributed by atoms with Crippen LogP contribution in [0, 0.1) is 0 Å². The molecule has 2 aromatic carbocycles. The number of esters is 1. The molecule has 0 saturated carbocycles. The van der Waals surface area contributed by atoms with E-state index in [-0.39, 0.29) is 6.61 Å². The number of nitrogens with zero attached hydrogens (tertiary/aromatic N) is 2. The van der Waals surface area contributed by atoms with Gasteiger partial charge in [-0.2, -0.15) is 18.3 Å². The smallest absolute Gasteiger partial charge is 0.416 e. The lowest BCUT2D eigenvalue weighted by Gasteiger charge is -2.28. The Morgan fingerprint density at radius 3 is 2.21 bits per heavy atom. The van der Waals surface area contributed by atoms with Crippen LogP contribution in [0.1, 0.15) is 57.9 Å². The summed E-state index contributed by atoms with van der Waals surface area (Å²) in [6.07, 6.45) is -3.19. The second-order valence-corrected chi connectivity index (χ2v) is 10.3. The van der Waals surface area contributed by atoms with E-state index in [1.54, 1.807) is 39.0 Å². The maximum Gasteiger partial charge on any atom is 0.416 e. The van der Waals surface area contributed by atoms with Crippen LogP contribution in [-0.2, 0) is 34.2 Å². The van der Waals surface area contributed by atoms with Crippen molar-refractivity contribution in [3.05, 3.63) is 70.4 Å². The first-order valence-electron chi connectivity index (χ1n) is 12.4. The number of ether oxygens (including phenoxy) is 2. The summed E-state index contributed by atoms with van der Waals surface area (Å²) in [5, 5.41) is 4.93. The molecule has 6 nitrogen and oxygen atoms in total. The zero-order valence-electron chi connectivity index (χ0n) is 22.2. The van der Waals surface area contributed by atoms with Crippen molar-refractivity contribution in [3.63, 3.8) is 0 Å². The summed E-state index contributed by atoms with van der Waals surface area (Å²) in [4.78, 5) is 12.2. The van der Waals surface area contributed by atoms with Crippen molar-refractivity contribution in [2.75, 3.05) is 6.61 Å². The zero-order valence-corrected chi connectivity index (χ0v) is 22.9. The molecule has 3 rings (SSSR count). The Balaban J connectivity index is 1.86. The van der Waals surface area contributed by atoms with Crippen LogP contribution in [-0.4, -0.2) is 28.0 Å². The molecule has 2 N–H and O–H groups in total. The Labute approximate surface area is 225 Å². The summed E-state index contributed by atoms with van der Waals surface area (Å²) < 4.78 is 51.6. The molecule has 0 saturated heterocycles. The molecule has 0 radical (unpaired) electrons. The van der Waals surface area contributed by atoms with Crippen LogP contribution < -0.4 is 10.5 Å². The van der Waals surface area contributed by atoms with Gasteiger partial charge in [0.2, 0.25) is 0 Å². The molecule has 0 amide bonds. The summed E-state index contributed by atoms with van der Waals surface area (Å²) in [6.45, 7) is 9.67. The molecule has 206 valence electrons. The predicted molar refractivity (Wildman–Crippen MR) is 141 cm³/mol. The fourth-order valence-corrected chi connectivity index (χ4v) is 4.23. The second kappa shape index (κ2) is 11.4. The average molecular weight is 552 g/mol. The van der Waals surface area contributed by atoms with E-state index < -0.39 is 28.8 Å². The summed E-state index contributed by atoms with van der Waals surface area (Å²) >= 11 is 6.51. The first kappa shape index (κ1) is 29.5. The molecular weight excluding hydrogens is 519 g/mol. The van der Waals surface area contributed by atoms with Gasteiger partial charge in [-0.25, -0.2) is 4.79 Å². The molecule has 38 heavy (non-hydrogen) atoms. The van der Waals surface area contributed by atoms with Gasteiger partial charge in [0.15, 0.2) is 5.60 Å². The number of aryl methyl sites for hydroxylation is 1. The van der Waals surface area contributed by atoms with Crippen LogP contribution in [0.5, 0.6) is 5.75 Å². The second-order valence-electron chi connectivity index (χ2n) is 9.89. The van der Waals surface area contributed by atoms with Gasteiger partial charge in [0, 0.05) is 29.8 Å². The highest BCUT2D eigenvalue weighted by Gasteiger charge is 2.33. The zero-order chi connectivity index (χ0) is 28.3. The number of carbonyl (C=O) groups is 1. The van der Waals surface area contributed by atoms with Crippen molar-refractivity contribution in [1.82, 2.24) is 9.78 Å². The standard InChI is InChI=1S/C28H33ClF3N3O3/c1-6-14-35-21(16-23(34-35)18-8-10-19(11-9-18)28(30,31)32)17-27(5,33)20-12-13-24(22(29)15-20)38-26(3,4)25(36)37-7-2/h8-13,15-16H,6-7,14,17,33H2,1-5H3. The Kier molecular flexibility index (Phi) is 8.83. The van der Waals surface area contributed by atoms with Gasteiger partial charge < -0.3 is 15.2 Å². The molecule has 0 spiro atoms. The Morgan fingerprint density at radius 2 is 1.66 bits per heavy atom. The highest BCUT2D eigenvalue weighted by atomic mass is 35.5. The molecule has 1 aromatic heterocycles. The van der Waals surface area contributed by atoms with E-state index in [4.69, 9.17) is 26.8 Å². The van der Waals surface area contributed by atoms with Crippen molar-refractivity contribution in [1.29, 1.82) is 0 Å². The van der Waals surface area contributed by atoms with Crippen molar-refractivity contribution in [2.45, 2.75) is 71.3 Å². The van der Waals surface area contributed by atoms with Gasteiger partial charge >= 0.3 is 12.1 Å². The highest BCUT2D eigenvalue weighted by molar-refractivity contribution is 6.32. The number of nitrogens with two attached hydrogens (primary N) is 1. The molecule has 1 unspecified atom stereocenters. The number of aromatic nitrogens is 2. The minimum absolute atomic E-state index is 0.235. The minimum Gasteiger partial charge on any atom is -0.475 e. The van der Waals surface area contributed by atoms with E-state index in [1.807, 2.05) is 24.6 Å². The van der Waals surface area contributed by atoms with Gasteiger partial charge in [0.25, 0.3) is 0 Å². The van der Waals surface area contributed by atoms with E-state index in [2.05, 4.69) is 5.10 Å². The summed E-state index contributed by atoms with van der Waals surface area (Å²) in [7, 11) is 0. The van der Waals surface area contributed by atoms with Gasteiger partial charge in [-0.1, -0.05) is 36.7 Å². The monoisotopic (exact) mass is 551 g/mol. The third-order valence-electron chi connectivity index (χ3n) is 6.08. The van der Waals surface area contributed by atoms with Crippen molar-refractivity contribution >= 4 is 17.6 Å². The first-order valence-corrected chi connectivity index (χ1v) is 12.7. The summed E-state index contributed by atoms with van der Waals surface area (Å²) in [5.74, 6) is -0.179. The van der Waals surface area contributed by atoms with Gasteiger partial charge in [0.05, 0.1) is 22.9 Å². The molecule has 3 aromatic rings. The van der Waals surface area contributed by atoms with Gasteiger partial charge in [0.1, 0.15) is 5.75 Å². The lowest BCUT2D eigenvalue weighted by Crippen LogP contribution is -2.40. The SMILES string of the molecule is CCCn1nc(-c2ccc(C(F)(F)F)cc2)cc1CC(C)(N)c1ccc(OC(C)(C)C(=O)OCC)c(Cl)c1. The minimum atomic E-state index is -4.40. The normalized spacial score (nSPS) is 13.7.